The highest BCUT2D eigenvalue weighted by Crippen LogP contribution is 2.12. The van der Waals surface area contributed by atoms with Crippen LogP contribution in [0.2, 0.25) is 0 Å². The van der Waals surface area contributed by atoms with Gasteiger partial charge < -0.3 is 10.1 Å². The number of halogens is 1. The van der Waals surface area contributed by atoms with E-state index in [2.05, 4.69) is 5.32 Å². The second-order valence-electron chi connectivity index (χ2n) is 2.88. The minimum Gasteiger partial charge on any atom is -0.464 e. The van der Waals surface area contributed by atoms with E-state index >= 15 is 0 Å². The predicted octanol–water partition coefficient (Wildman–Crippen LogP) is 0.768. The van der Waals surface area contributed by atoms with Gasteiger partial charge in [-0.2, -0.15) is 0 Å². The molecule has 1 aliphatic heterocycles. The quantitative estimate of drug-likeness (QED) is 0.529. The van der Waals surface area contributed by atoms with Gasteiger partial charge in [-0.3, -0.25) is 4.79 Å². The maximum Gasteiger partial charge on any atom is 0.309 e. The van der Waals surface area contributed by atoms with Crippen molar-refractivity contribution in [3.8, 4) is 0 Å². The summed E-state index contributed by atoms with van der Waals surface area (Å²) in [5, 5.41) is 3.19. The van der Waals surface area contributed by atoms with E-state index in [0.717, 1.165) is 25.9 Å². The van der Waals surface area contributed by atoms with Crippen molar-refractivity contribution in [3.05, 3.63) is 0 Å². The summed E-state index contributed by atoms with van der Waals surface area (Å²) in [6.45, 7) is 2.17. The second kappa shape index (κ2) is 5.38. The molecule has 0 bridgehead atoms. The molecule has 3 nitrogen and oxygen atoms in total. The standard InChI is InChI=1S/C8H14ClNO2/c9-3-6-12-8(11)7-1-4-10-5-2-7/h7,10H,1-6H2. The Morgan fingerprint density at radius 3 is 2.75 bits per heavy atom. The molecule has 1 aliphatic rings. The van der Waals surface area contributed by atoms with Gasteiger partial charge in [0.2, 0.25) is 0 Å². The summed E-state index contributed by atoms with van der Waals surface area (Å²) >= 11 is 5.39. The first-order valence-electron chi connectivity index (χ1n) is 4.28. The molecule has 0 atom stereocenters. The van der Waals surface area contributed by atoms with E-state index in [4.69, 9.17) is 16.3 Å². The third-order valence-corrected chi connectivity index (χ3v) is 2.15. The van der Waals surface area contributed by atoms with Crippen LogP contribution in [0, 0.1) is 5.92 Å². The Morgan fingerprint density at radius 1 is 1.50 bits per heavy atom. The van der Waals surface area contributed by atoms with Crippen LogP contribution in [0.15, 0.2) is 0 Å². The SMILES string of the molecule is O=C(OCCCl)C1CCNCC1. The average molecular weight is 192 g/mol. The zero-order chi connectivity index (χ0) is 8.81. The van der Waals surface area contributed by atoms with Crippen molar-refractivity contribution in [3.63, 3.8) is 0 Å². The number of ether oxygens (including phenoxy) is 1. The minimum absolute atomic E-state index is 0.0860. The zero-order valence-electron chi connectivity index (χ0n) is 7.01. The number of rotatable bonds is 3. The van der Waals surface area contributed by atoms with Crippen LogP contribution < -0.4 is 5.32 Å². The first kappa shape index (κ1) is 9.81. The van der Waals surface area contributed by atoms with Crippen molar-refractivity contribution in [1.29, 1.82) is 0 Å². The summed E-state index contributed by atoms with van der Waals surface area (Å²) in [6, 6.07) is 0. The second-order valence-corrected chi connectivity index (χ2v) is 3.26. The van der Waals surface area contributed by atoms with Gasteiger partial charge >= 0.3 is 5.97 Å². The number of hydrogen-bond acceptors (Lipinski definition) is 3. The molecule has 0 aromatic rings. The highest BCUT2D eigenvalue weighted by molar-refractivity contribution is 6.18. The molecule has 0 unspecified atom stereocenters. The largest absolute Gasteiger partial charge is 0.464 e. The van der Waals surface area contributed by atoms with E-state index in [1.54, 1.807) is 0 Å². The number of esters is 1. The highest BCUT2D eigenvalue weighted by atomic mass is 35.5. The number of hydrogen-bond donors (Lipinski definition) is 1. The average Bonchev–Trinajstić information content (AvgIpc) is 2.15. The van der Waals surface area contributed by atoms with Gasteiger partial charge in [0, 0.05) is 0 Å². The molecule has 0 aliphatic carbocycles. The van der Waals surface area contributed by atoms with Crippen molar-refractivity contribution in [1.82, 2.24) is 5.32 Å². The van der Waals surface area contributed by atoms with E-state index in [9.17, 15) is 4.79 Å². The molecule has 0 aromatic carbocycles. The van der Waals surface area contributed by atoms with Crippen molar-refractivity contribution >= 4 is 17.6 Å². The molecule has 0 radical (unpaired) electrons. The lowest BCUT2D eigenvalue weighted by atomic mass is 9.99. The first-order valence-corrected chi connectivity index (χ1v) is 4.81. The Balaban J connectivity index is 2.20. The number of nitrogens with one attached hydrogen (secondary N) is 1. The van der Waals surface area contributed by atoms with Crippen molar-refractivity contribution < 1.29 is 9.53 Å². The van der Waals surface area contributed by atoms with E-state index in [1.807, 2.05) is 0 Å². The summed E-state index contributed by atoms with van der Waals surface area (Å²) < 4.78 is 4.93. The van der Waals surface area contributed by atoms with Crippen LogP contribution in [0.3, 0.4) is 0 Å². The maximum absolute atomic E-state index is 11.2. The van der Waals surface area contributed by atoms with Crippen LogP contribution in [0.25, 0.3) is 0 Å². The van der Waals surface area contributed by atoms with Gasteiger partial charge in [-0.25, -0.2) is 0 Å². The summed E-state index contributed by atoms with van der Waals surface area (Å²) in [6.07, 6.45) is 1.78. The predicted molar refractivity (Wildman–Crippen MR) is 47.3 cm³/mol. The minimum atomic E-state index is -0.0860. The monoisotopic (exact) mass is 191 g/mol. The highest BCUT2D eigenvalue weighted by Gasteiger charge is 2.21. The van der Waals surface area contributed by atoms with Crippen LogP contribution >= 0.6 is 11.6 Å². The van der Waals surface area contributed by atoms with Crippen LogP contribution in [-0.4, -0.2) is 31.5 Å². The molecule has 1 rings (SSSR count). The van der Waals surface area contributed by atoms with Crippen LogP contribution in [-0.2, 0) is 9.53 Å². The lowest BCUT2D eigenvalue weighted by molar-refractivity contribution is -0.148. The zero-order valence-corrected chi connectivity index (χ0v) is 7.77. The fourth-order valence-corrected chi connectivity index (χ4v) is 1.39. The van der Waals surface area contributed by atoms with Crippen molar-refractivity contribution in [2.45, 2.75) is 12.8 Å². The molecular weight excluding hydrogens is 178 g/mol. The van der Waals surface area contributed by atoms with Crippen molar-refractivity contribution in [2.75, 3.05) is 25.6 Å². The van der Waals surface area contributed by atoms with E-state index in [0.29, 0.717) is 12.5 Å². The molecule has 1 heterocycles. The first-order chi connectivity index (χ1) is 5.84. The molecule has 0 spiro atoms. The Labute approximate surface area is 77.4 Å². The molecule has 0 aromatic heterocycles. The van der Waals surface area contributed by atoms with Gasteiger partial charge in [0.1, 0.15) is 6.61 Å². The normalized spacial score (nSPS) is 19.1. The van der Waals surface area contributed by atoms with Crippen LogP contribution in [0.4, 0.5) is 0 Å². The maximum atomic E-state index is 11.2. The van der Waals surface area contributed by atoms with E-state index in [-0.39, 0.29) is 11.9 Å². The topological polar surface area (TPSA) is 38.3 Å². The molecule has 0 amide bonds. The van der Waals surface area contributed by atoms with Gasteiger partial charge in [0.15, 0.2) is 0 Å². The molecule has 1 saturated heterocycles. The van der Waals surface area contributed by atoms with Crippen molar-refractivity contribution in [2.24, 2.45) is 5.92 Å². The summed E-state index contributed by atoms with van der Waals surface area (Å²) in [7, 11) is 0. The van der Waals surface area contributed by atoms with Crippen LogP contribution in [0.1, 0.15) is 12.8 Å². The molecular formula is C8H14ClNO2. The van der Waals surface area contributed by atoms with Gasteiger partial charge in [0.25, 0.3) is 0 Å². The number of alkyl halides is 1. The third kappa shape index (κ3) is 2.99. The van der Waals surface area contributed by atoms with E-state index in [1.165, 1.54) is 0 Å². The van der Waals surface area contributed by atoms with E-state index < -0.39 is 0 Å². The molecule has 0 saturated carbocycles. The molecule has 12 heavy (non-hydrogen) atoms. The third-order valence-electron chi connectivity index (χ3n) is 1.99. The molecule has 1 N–H and O–H groups in total. The molecule has 70 valence electrons. The van der Waals surface area contributed by atoms with Gasteiger partial charge in [-0.15, -0.1) is 11.6 Å². The molecule has 1 fully saturated rings. The summed E-state index contributed by atoms with van der Waals surface area (Å²) in [5.41, 5.74) is 0. The van der Waals surface area contributed by atoms with Crippen LogP contribution in [0.5, 0.6) is 0 Å². The Hall–Kier alpha value is -0.280. The Kier molecular flexibility index (Phi) is 4.40. The fourth-order valence-electron chi connectivity index (χ4n) is 1.31. The number of piperidine rings is 1. The van der Waals surface area contributed by atoms with Gasteiger partial charge in [-0.1, -0.05) is 0 Å². The lowest BCUT2D eigenvalue weighted by Gasteiger charge is -2.20. The summed E-state index contributed by atoms with van der Waals surface area (Å²) in [5.74, 6) is 0.392. The summed E-state index contributed by atoms with van der Waals surface area (Å²) in [4.78, 5) is 11.2. The Bertz CT molecular complexity index is 146. The Morgan fingerprint density at radius 2 is 2.17 bits per heavy atom. The van der Waals surface area contributed by atoms with Gasteiger partial charge in [-0.05, 0) is 25.9 Å². The van der Waals surface area contributed by atoms with Gasteiger partial charge in [0.05, 0.1) is 11.8 Å². The number of carbonyl (C=O) groups is 1. The lowest BCUT2D eigenvalue weighted by Crippen LogP contribution is -2.32. The fraction of sp³-hybridized carbons (Fsp3) is 0.875. The smallest absolute Gasteiger partial charge is 0.309 e. The molecule has 4 heteroatoms. The number of carbonyl (C=O) groups excluding carboxylic acids is 1.